The number of fused-ring (bicyclic) bond motifs is 2. The summed E-state index contributed by atoms with van der Waals surface area (Å²) >= 11 is 0. The molecule has 0 saturated carbocycles. The van der Waals surface area contributed by atoms with E-state index in [9.17, 15) is 22.8 Å². The van der Waals surface area contributed by atoms with E-state index in [0.717, 1.165) is 0 Å². The molecule has 0 aliphatic heterocycles. The van der Waals surface area contributed by atoms with E-state index in [4.69, 9.17) is 13.9 Å². The van der Waals surface area contributed by atoms with Crippen molar-refractivity contribution in [2.75, 3.05) is 11.9 Å². The second-order valence-corrected chi connectivity index (χ2v) is 12.3. The van der Waals surface area contributed by atoms with Gasteiger partial charge in [0, 0.05) is 31.2 Å². The third kappa shape index (κ3) is 6.56. The average molecular weight is 648 g/mol. The second-order valence-electron chi connectivity index (χ2n) is 12.3. The molecule has 0 N–H and O–H groups in total. The van der Waals surface area contributed by atoms with Gasteiger partial charge in [-0.25, -0.2) is 14.5 Å². The molecule has 2 aromatic carbocycles. The van der Waals surface area contributed by atoms with Crippen LogP contribution in [0.2, 0.25) is 0 Å². The average Bonchev–Trinajstić information content (AvgIpc) is 3.60. The van der Waals surface area contributed by atoms with Crippen LogP contribution in [0.5, 0.6) is 5.75 Å². The van der Waals surface area contributed by atoms with Gasteiger partial charge in [-0.15, -0.1) is 0 Å². The fourth-order valence-electron chi connectivity index (χ4n) is 5.53. The summed E-state index contributed by atoms with van der Waals surface area (Å²) in [6.45, 7) is 6.99. The molecule has 244 valence electrons. The first-order valence-electron chi connectivity index (χ1n) is 15.0. The van der Waals surface area contributed by atoms with E-state index >= 15 is 0 Å². The molecule has 3 heterocycles. The molecule has 1 unspecified atom stereocenters. The van der Waals surface area contributed by atoms with Gasteiger partial charge >= 0.3 is 12.1 Å². The van der Waals surface area contributed by atoms with Crippen LogP contribution in [0.4, 0.5) is 18.9 Å². The molecule has 0 bridgehead atoms. The molecule has 0 fully saturated rings. The van der Waals surface area contributed by atoms with Crippen molar-refractivity contribution in [1.82, 2.24) is 19.7 Å². The Morgan fingerprint density at radius 1 is 1.04 bits per heavy atom. The van der Waals surface area contributed by atoms with Crippen LogP contribution in [0.1, 0.15) is 83.3 Å². The van der Waals surface area contributed by atoms with Gasteiger partial charge in [0.05, 0.1) is 28.8 Å². The Labute approximate surface area is 268 Å². The van der Waals surface area contributed by atoms with Gasteiger partial charge in [-0.2, -0.15) is 23.3 Å². The Balaban J connectivity index is 1.32. The van der Waals surface area contributed by atoms with Gasteiger partial charge in [-0.05, 0) is 82.5 Å². The third-order valence-corrected chi connectivity index (χ3v) is 7.63. The summed E-state index contributed by atoms with van der Waals surface area (Å²) in [6, 6.07) is 14.2. The van der Waals surface area contributed by atoms with E-state index in [1.807, 2.05) is 0 Å². The van der Waals surface area contributed by atoms with Gasteiger partial charge in [-0.1, -0.05) is 6.07 Å². The Bertz CT molecular complexity index is 1970. The number of pyridine rings is 1. The molecule has 1 amide bonds. The highest BCUT2D eigenvalue weighted by atomic mass is 19.4. The molecule has 10 nitrogen and oxygen atoms in total. The van der Waals surface area contributed by atoms with Crippen LogP contribution in [-0.2, 0) is 17.3 Å². The summed E-state index contributed by atoms with van der Waals surface area (Å²) in [5, 5.41) is 4.03. The number of ether oxygens (including phenoxy) is 2. The molecule has 0 spiro atoms. The first-order chi connectivity index (χ1) is 22.2. The van der Waals surface area contributed by atoms with Crippen molar-refractivity contribution < 1.29 is 36.7 Å². The monoisotopic (exact) mass is 647 g/mol. The number of carbonyl (C=O) groups excluding carboxylic acids is 2. The zero-order valence-corrected chi connectivity index (χ0v) is 26.4. The predicted molar refractivity (Wildman–Crippen MR) is 166 cm³/mol. The fourth-order valence-corrected chi connectivity index (χ4v) is 5.53. The van der Waals surface area contributed by atoms with E-state index in [1.54, 1.807) is 83.3 Å². The van der Waals surface area contributed by atoms with E-state index in [1.165, 1.54) is 21.8 Å². The molecular weight excluding hydrogens is 615 g/mol. The topological polar surface area (TPSA) is 113 Å². The second kappa shape index (κ2) is 11.9. The number of halogens is 3. The molecule has 1 aliphatic rings. The van der Waals surface area contributed by atoms with Gasteiger partial charge in [0.25, 0.3) is 5.91 Å². The first kappa shape index (κ1) is 31.8. The number of anilines is 1. The largest absolute Gasteiger partial charge is 0.484 e. The molecule has 13 heteroatoms. The summed E-state index contributed by atoms with van der Waals surface area (Å²) in [5.74, 6) is -0.109. The van der Waals surface area contributed by atoms with Crippen LogP contribution in [-0.4, -0.2) is 44.3 Å². The summed E-state index contributed by atoms with van der Waals surface area (Å²) in [7, 11) is 1.57. The lowest BCUT2D eigenvalue weighted by molar-refractivity contribution is -0.142. The maximum atomic E-state index is 14.3. The lowest BCUT2D eigenvalue weighted by atomic mass is 9.92. The maximum absolute atomic E-state index is 14.3. The molecule has 5 aromatic rings. The van der Waals surface area contributed by atoms with E-state index in [2.05, 4.69) is 15.1 Å². The Morgan fingerprint density at radius 2 is 1.79 bits per heavy atom. The first-order valence-corrected chi connectivity index (χ1v) is 15.0. The Morgan fingerprint density at radius 3 is 2.49 bits per heavy atom. The minimum atomic E-state index is -4.70. The maximum Gasteiger partial charge on any atom is 0.435 e. The predicted octanol–water partition coefficient (Wildman–Crippen LogP) is 7.42. The van der Waals surface area contributed by atoms with Gasteiger partial charge in [-0.3, -0.25) is 4.79 Å². The summed E-state index contributed by atoms with van der Waals surface area (Å²) in [4.78, 5) is 35.8. The van der Waals surface area contributed by atoms with Gasteiger partial charge in [0.1, 0.15) is 17.5 Å². The molecule has 1 atom stereocenters. The number of esters is 1. The van der Waals surface area contributed by atoms with E-state index in [-0.39, 0.29) is 28.9 Å². The van der Waals surface area contributed by atoms with Crippen LogP contribution in [0, 0.1) is 6.92 Å². The molecular formula is C34H32F3N5O5. The number of carbonyl (C=O) groups is 2. The van der Waals surface area contributed by atoms with E-state index < -0.39 is 35.5 Å². The fraction of sp³-hybridized carbons (Fsp3) is 0.324. The normalized spacial score (nSPS) is 14.9. The van der Waals surface area contributed by atoms with E-state index in [0.29, 0.717) is 47.0 Å². The van der Waals surface area contributed by atoms with Gasteiger partial charge in [0.2, 0.25) is 0 Å². The molecule has 3 aromatic heterocycles. The molecule has 0 saturated heterocycles. The zero-order chi connectivity index (χ0) is 33.7. The lowest BCUT2D eigenvalue weighted by Gasteiger charge is -2.26. The van der Waals surface area contributed by atoms with Crippen LogP contribution >= 0.6 is 0 Å². The van der Waals surface area contributed by atoms with Crippen LogP contribution in [0.3, 0.4) is 0 Å². The number of amides is 1. The number of benzene rings is 2. The SMILES string of the molecule is Cc1nc2ncc(N(C)C(=O)c3cccc(-n4nc(C(F)(F)F)c5c4C(Oc4ccc(C(=O)OC(C)(C)C)cc4)CCC5)c3)cc2o1. The highest BCUT2D eigenvalue weighted by Gasteiger charge is 2.42. The number of aryl methyl sites for hydroxylation is 1. The summed E-state index contributed by atoms with van der Waals surface area (Å²) in [5.41, 5.74) is 0.743. The van der Waals surface area contributed by atoms with Gasteiger partial charge < -0.3 is 18.8 Å². The summed E-state index contributed by atoms with van der Waals surface area (Å²) < 4.78 is 61.2. The quantitative estimate of drug-likeness (QED) is 0.175. The van der Waals surface area contributed by atoms with Crippen molar-refractivity contribution in [2.24, 2.45) is 0 Å². The number of rotatable bonds is 6. The standard InChI is InChI=1S/C34H32F3N5O5/c1-19-39-30-27(45-19)17-23(18-38-30)41(5)31(43)21-8-6-9-22(16-21)42-28-25(29(40-42)34(35,36)37)10-7-11-26(28)46-24-14-12-20(13-15-24)32(44)47-33(2,3)4/h6,8-9,12-18,26H,7,10-11H2,1-5H3. The molecule has 0 radical (unpaired) electrons. The van der Waals surface area contributed by atoms with Crippen LogP contribution in [0.25, 0.3) is 16.9 Å². The smallest absolute Gasteiger partial charge is 0.435 e. The van der Waals surface area contributed by atoms with Crippen LogP contribution in [0.15, 0.2) is 65.2 Å². The number of hydrogen-bond donors (Lipinski definition) is 0. The van der Waals surface area contributed by atoms with Crippen molar-refractivity contribution in [3.8, 4) is 11.4 Å². The number of alkyl halides is 3. The number of aromatic nitrogens is 4. The zero-order valence-electron chi connectivity index (χ0n) is 26.4. The van der Waals surface area contributed by atoms with Crippen molar-refractivity contribution in [1.29, 1.82) is 0 Å². The number of nitrogens with zero attached hydrogens (tertiary/aromatic N) is 5. The highest BCUT2D eigenvalue weighted by Crippen LogP contribution is 2.42. The van der Waals surface area contributed by atoms with Crippen molar-refractivity contribution in [3.63, 3.8) is 0 Å². The minimum absolute atomic E-state index is 0.0506. The summed E-state index contributed by atoms with van der Waals surface area (Å²) in [6.07, 6.45) is -2.94. The number of oxazole rings is 1. The minimum Gasteiger partial charge on any atom is -0.484 e. The van der Waals surface area contributed by atoms with Gasteiger partial charge in [0.15, 0.2) is 22.8 Å². The van der Waals surface area contributed by atoms with Crippen molar-refractivity contribution >= 4 is 28.8 Å². The number of hydrogen-bond acceptors (Lipinski definition) is 8. The lowest BCUT2D eigenvalue weighted by Crippen LogP contribution is -2.26. The Hall–Kier alpha value is -5.20. The Kier molecular flexibility index (Phi) is 8.02. The van der Waals surface area contributed by atoms with Crippen LogP contribution < -0.4 is 9.64 Å². The third-order valence-electron chi connectivity index (χ3n) is 7.63. The van der Waals surface area contributed by atoms with Crippen molar-refractivity contribution in [2.45, 2.75) is 64.8 Å². The molecule has 47 heavy (non-hydrogen) atoms. The molecule has 1 aliphatic carbocycles. The van der Waals surface area contributed by atoms with Crippen molar-refractivity contribution in [3.05, 3.63) is 94.8 Å². The highest BCUT2D eigenvalue weighted by molar-refractivity contribution is 6.06. The molecule has 6 rings (SSSR count).